The van der Waals surface area contributed by atoms with Gasteiger partial charge in [0.15, 0.2) is 0 Å². The lowest BCUT2D eigenvalue weighted by atomic mass is 10.2. The Bertz CT molecular complexity index is 97.0. The SMILES string of the molecule is NCCC(S)CC(=O)O. The predicted molar refractivity (Wildman–Crippen MR) is 38.7 cm³/mol. The van der Waals surface area contributed by atoms with Gasteiger partial charge in [-0.2, -0.15) is 12.6 Å². The van der Waals surface area contributed by atoms with Gasteiger partial charge in [0, 0.05) is 5.25 Å². The van der Waals surface area contributed by atoms with Crippen molar-refractivity contribution >= 4 is 18.6 Å². The Morgan fingerprint density at radius 2 is 2.33 bits per heavy atom. The van der Waals surface area contributed by atoms with E-state index in [1.165, 1.54) is 0 Å². The van der Waals surface area contributed by atoms with Crippen LogP contribution in [0.3, 0.4) is 0 Å². The van der Waals surface area contributed by atoms with Crippen molar-refractivity contribution < 1.29 is 9.90 Å². The number of thiol groups is 1. The second-order valence-corrected chi connectivity index (χ2v) is 2.56. The van der Waals surface area contributed by atoms with Gasteiger partial charge in [0.05, 0.1) is 6.42 Å². The molecule has 3 nitrogen and oxygen atoms in total. The molecule has 0 aromatic heterocycles. The van der Waals surface area contributed by atoms with E-state index >= 15 is 0 Å². The van der Waals surface area contributed by atoms with Gasteiger partial charge in [0.1, 0.15) is 0 Å². The number of hydrogen-bond acceptors (Lipinski definition) is 3. The van der Waals surface area contributed by atoms with Crippen LogP contribution in [0.5, 0.6) is 0 Å². The Morgan fingerprint density at radius 1 is 1.78 bits per heavy atom. The molecule has 4 heteroatoms. The molecule has 9 heavy (non-hydrogen) atoms. The Labute approximate surface area is 59.6 Å². The van der Waals surface area contributed by atoms with Crippen LogP contribution in [-0.4, -0.2) is 22.9 Å². The molecule has 0 bridgehead atoms. The molecule has 0 aliphatic carbocycles. The summed E-state index contributed by atoms with van der Waals surface area (Å²) in [6.45, 7) is 0.501. The minimum Gasteiger partial charge on any atom is -0.481 e. The van der Waals surface area contributed by atoms with E-state index in [2.05, 4.69) is 12.6 Å². The van der Waals surface area contributed by atoms with Crippen LogP contribution in [0, 0.1) is 0 Å². The molecule has 0 saturated heterocycles. The Balaban J connectivity index is 3.26. The van der Waals surface area contributed by atoms with Crippen LogP contribution >= 0.6 is 12.6 Å². The van der Waals surface area contributed by atoms with E-state index in [0.717, 1.165) is 0 Å². The summed E-state index contributed by atoms with van der Waals surface area (Å²) in [4.78, 5) is 9.99. The zero-order chi connectivity index (χ0) is 7.28. The summed E-state index contributed by atoms with van der Waals surface area (Å²) in [5.74, 6) is -0.816. The van der Waals surface area contributed by atoms with Crippen LogP contribution < -0.4 is 5.73 Å². The lowest BCUT2D eigenvalue weighted by Gasteiger charge is -2.03. The molecular weight excluding hydrogens is 138 g/mol. The molecule has 0 saturated carbocycles. The molecule has 0 aliphatic heterocycles. The lowest BCUT2D eigenvalue weighted by Crippen LogP contribution is -2.12. The predicted octanol–water partition coefficient (Wildman–Crippen LogP) is 0.108. The van der Waals surface area contributed by atoms with Gasteiger partial charge in [-0.05, 0) is 13.0 Å². The van der Waals surface area contributed by atoms with Crippen LogP contribution in [0.25, 0.3) is 0 Å². The van der Waals surface area contributed by atoms with Gasteiger partial charge in [-0.25, -0.2) is 0 Å². The van der Waals surface area contributed by atoms with Crippen LogP contribution in [0.1, 0.15) is 12.8 Å². The maximum Gasteiger partial charge on any atom is 0.304 e. The van der Waals surface area contributed by atoms with Gasteiger partial charge in [-0.15, -0.1) is 0 Å². The third kappa shape index (κ3) is 5.65. The molecule has 0 rings (SSSR count). The van der Waals surface area contributed by atoms with E-state index in [-0.39, 0.29) is 11.7 Å². The van der Waals surface area contributed by atoms with E-state index in [1.807, 2.05) is 0 Å². The first-order chi connectivity index (χ1) is 4.16. The van der Waals surface area contributed by atoms with Crippen LogP contribution in [0.2, 0.25) is 0 Å². The molecule has 1 unspecified atom stereocenters. The number of carboxylic acids is 1. The normalized spacial score (nSPS) is 13.1. The fourth-order valence-corrected chi connectivity index (χ4v) is 0.801. The van der Waals surface area contributed by atoms with Crippen LogP contribution in [0.4, 0.5) is 0 Å². The molecule has 0 fully saturated rings. The van der Waals surface area contributed by atoms with Gasteiger partial charge in [0.2, 0.25) is 0 Å². The van der Waals surface area contributed by atoms with Crippen molar-refractivity contribution in [2.75, 3.05) is 6.54 Å². The number of carboxylic acid groups (broad SMARTS) is 1. The number of carbonyl (C=O) groups is 1. The Hall–Kier alpha value is -0.220. The maximum absolute atomic E-state index is 9.99. The van der Waals surface area contributed by atoms with E-state index < -0.39 is 5.97 Å². The monoisotopic (exact) mass is 149 g/mol. The molecule has 0 aromatic rings. The van der Waals surface area contributed by atoms with Gasteiger partial charge in [0.25, 0.3) is 0 Å². The van der Waals surface area contributed by atoms with Gasteiger partial charge < -0.3 is 10.8 Å². The summed E-state index contributed by atoms with van der Waals surface area (Å²) in [5, 5.41) is 8.13. The molecule has 0 aliphatic rings. The van der Waals surface area contributed by atoms with Crippen molar-refractivity contribution in [2.24, 2.45) is 5.73 Å². The smallest absolute Gasteiger partial charge is 0.304 e. The zero-order valence-corrected chi connectivity index (χ0v) is 5.97. The second kappa shape index (κ2) is 4.64. The molecule has 54 valence electrons. The number of aliphatic carboxylic acids is 1. The highest BCUT2D eigenvalue weighted by molar-refractivity contribution is 7.81. The zero-order valence-electron chi connectivity index (χ0n) is 5.08. The summed E-state index contributed by atoms with van der Waals surface area (Å²) in [7, 11) is 0. The third-order valence-corrected chi connectivity index (χ3v) is 1.35. The van der Waals surface area contributed by atoms with Gasteiger partial charge in [-0.3, -0.25) is 4.79 Å². The first-order valence-corrected chi connectivity index (χ1v) is 3.28. The fraction of sp³-hybridized carbons (Fsp3) is 0.800. The highest BCUT2D eigenvalue weighted by Gasteiger charge is 2.05. The van der Waals surface area contributed by atoms with E-state index in [9.17, 15) is 4.79 Å². The molecular formula is C5H11NO2S. The molecule has 3 N–H and O–H groups in total. The molecule has 0 spiro atoms. The van der Waals surface area contributed by atoms with Crippen molar-refractivity contribution in [1.29, 1.82) is 0 Å². The minimum absolute atomic E-state index is 0.0903. The highest BCUT2D eigenvalue weighted by Crippen LogP contribution is 2.04. The van der Waals surface area contributed by atoms with Crippen molar-refractivity contribution in [3.05, 3.63) is 0 Å². The topological polar surface area (TPSA) is 63.3 Å². The summed E-state index contributed by atoms with van der Waals surface area (Å²) >= 11 is 3.99. The van der Waals surface area contributed by atoms with E-state index in [0.29, 0.717) is 13.0 Å². The average Bonchev–Trinajstić information content (AvgIpc) is 1.63. The van der Waals surface area contributed by atoms with Gasteiger partial charge >= 0.3 is 5.97 Å². The average molecular weight is 149 g/mol. The maximum atomic E-state index is 9.99. The van der Waals surface area contributed by atoms with E-state index in [4.69, 9.17) is 10.8 Å². The third-order valence-electron chi connectivity index (χ3n) is 0.910. The molecule has 1 atom stereocenters. The molecule has 0 radical (unpaired) electrons. The standard InChI is InChI=1S/C5H11NO2S/c6-2-1-4(9)3-5(7)8/h4,9H,1-3,6H2,(H,7,8). The van der Waals surface area contributed by atoms with E-state index in [1.54, 1.807) is 0 Å². The van der Waals surface area contributed by atoms with Crippen molar-refractivity contribution in [3.8, 4) is 0 Å². The number of hydrogen-bond donors (Lipinski definition) is 3. The van der Waals surface area contributed by atoms with Crippen molar-refractivity contribution in [2.45, 2.75) is 18.1 Å². The summed E-state index contributed by atoms with van der Waals surface area (Å²) in [5.41, 5.74) is 5.16. The Kier molecular flexibility index (Phi) is 4.53. The van der Waals surface area contributed by atoms with Crippen LogP contribution in [0.15, 0.2) is 0 Å². The largest absolute Gasteiger partial charge is 0.481 e. The van der Waals surface area contributed by atoms with Gasteiger partial charge in [-0.1, -0.05) is 0 Å². The summed E-state index contributed by atoms with van der Waals surface area (Å²) < 4.78 is 0. The molecule has 0 aromatic carbocycles. The Morgan fingerprint density at radius 3 is 2.67 bits per heavy atom. The quantitative estimate of drug-likeness (QED) is 0.497. The highest BCUT2D eigenvalue weighted by atomic mass is 32.1. The van der Waals surface area contributed by atoms with Crippen molar-refractivity contribution in [1.82, 2.24) is 0 Å². The minimum atomic E-state index is -0.816. The summed E-state index contributed by atoms with van der Waals surface area (Å²) in [6, 6.07) is 0. The van der Waals surface area contributed by atoms with Crippen molar-refractivity contribution in [3.63, 3.8) is 0 Å². The first-order valence-electron chi connectivity index (χ1n) is 2.76. The van der Waals surface area contributed by atoms with Crippen LogP contribution in [-0.2, 0) is 4.79 Å². The number of rotatable bonds is 4. The lowest BCUT2D eigenvalue weighted by molar-refractivity contribution is -0.136. The molecule has 0 amide bonds. The molecule has 0 heterocycles. The fourth-order valence-electron chi connectivity index (χ4n) is 0.496. The first kappa shape index (κ1) is 8.78. The number of nitrogens with two attached hydrogens (primary N) is 1. The summed E-state index contributed by atoms with van der Waals surface area (Å²) in [6.07, 6.45) is 0.760. The second-order valence-electron chi connectivity index (χ2n) is 1.83.